The fraction of sp³-hybridized carbons (Fsp3) is 0.385. The zero-order valence-electron chi connectivity index (χ0n) is 9.66. The van der Waals surface area contributed by atoms with Gasteiger partial charge in [0.25, 0.3) is 0 Å². The lowest BCUT2D eigenvalue weighted by Crippen LogP contribution is -2.22. The molecule has 1 aromatic carbocycles. The van der Waals surface area contributed by atoms with Gasteiger partial charge in [-0.25, -0.2) is 0 Å². The first-order valence-electron chi connectivity index (χ1n) is 5.46. The Hall–Kier alpha value is -0.960. The van der Waals surface area contributed by atoms with Gasteiger partial charge in [0.1, 0.15) is 5.75 Å². The van der Waals surface area contributed by atoms with Crippen LogP contribution in [0.2, 0.25) is 0 Å². The van der Waals surface area contributed by atoms with Crippen molar-refractivity contribution < 1.29 is 4.74 Å². The highest BCUT2D eigenvalue weighted by Crippen LogP contribution is 2.33. The van der Waals surface area contributed by atoms with Gasteiger partial charge in [0, 0.05) is 18.1 Å². The van der Waals surface area contributed by atoms with Crippen LogP contribution in [0.25, 0.3) is 5.70 Å². The molecule has 86 valence electrons. The van der Waals surface area contributed by atoms with E-state index >= 15 is 0 Å². The normalized spacial score (nSPS) is 16.6. The maximum absolute atomic E-state index is 5.17. The van der Waals surface area contributed by atoms with Gasteiger partial charge in [-0.3, -0.25) is 0 Å². The number of hydrogen-bond donors (Lipinski definition) is 0. The van der Waals surface area contributed by atoms with Gasteiger partial charge in [-0.2, -0.15) is 0 Å². The molecule has 1 aliphatic rings. The molecule has 1 aromatic rings. The molecule has 0 N–H and O–H groups in total. The predicted molar refractivity (Wildman–Crippen MR) is 70.7 cm³/mol. The van der Waals surface area contributed by atoms with Crippen molar-refractivity contribution in [3.05, 3.63) is 34.3 Å². The van der Waals surface area contributed by atoms with E-state index in [1.807, 2.05) is 12.1 Å². The summed E-state index contributed by atoms with van der Waals surface area (Å²) in [5, 5.41) is 0. The zero-order valence-corrected chi connectivity index (χ0v) is 11.3. The van der Waals surface area contributed by atoms with Gasteiger partial charge in [0.15, 0.2) is 0 Å². The van der Waals surface area contributed by atoms with Gasteiger partial charge in [0.2, 0.25) is 0 Å². The van der Waals surface area contributed by atoms with Crippen LogP contribution < -0.4 is 4.74 Å². The minimum atomic E-state index is 0.902. The molecule has 1 heterocycles. The minimum absolute atomic E-state index is 0.902. The van der Waals surface area contributed by atoms with Crippen LogP contribution in [-0.4, -0.2) is 25.6 Å². The summed E-state index contributed by atoms with van der Waals surface area (Å²) in [6.45, 7) is 1.12. The van der Waals surface area contributed by atoms with Crippen molar-refractivity contribution in [1.29, 1.82) is 0 Å². The van der Waals surface area contributed by atoms with Crippen molar-refractivity contribution in [2.45, 2.75) is 12.8 Å². The van der Waals surface area contributed by atoms with Crippen molar-refractivity contribution >= 4 is 21.6 Å². The second-order valence-electron chi connectivity index (χ2n) is 4.01. The van der Waals surface area contributed by atoms with Crippen LogP contribution in [0.1, 0.15) is 18.4 Å². The van der Waals surface area contributed by atoms with Crippen molar-refractivity contribution in [3.63, 3.8) is 0 Å². The summed E-state index contributed by atoms with van der Waals surface area (Å²) in [5.41, 5.74) is 2.55. The maximum Gasteiger partial charge on any atom is 0.118 e. The Morgan fingerprint density at radius 1 is 1.25 bits per heavy atom. The maximum atomic E-state index is 5.17. The topological polar surface area (TPSA) is 12.5 Å². The van der Waals surface area contributed by atoms with E-state index in [0.29, 0.717) is 0 Å². The lowest BCUT2D eigenvalue weighted by molar-refractivity contribution is 0.414. The van der Waals surface area contributed by atoms with E-state index in [1.54, 1.807) is 7.11 Å². The van der Waals surface area contributed by atoms with Gasteiger partial charge in [-0.05, 0) is 42.7 Å². The Kier molecular flexibility index (Phi) is 3.54. The molecule has 1 aliphatic heterocycles. The SMILES string of the molecule is COc1ccc(C2=C(Br)CCCN2C)cc1. The van der Waals surface area contributed by atoms with E-state index in [1.165, 1.54) is 22.2 Å². The molecular formula is C13H16BrNO. The first-order chi connectivity index (χ1) is 7.72. The summed E-state index contributed by atoms with van der Waals surface area (Å²) in [6.07, 6.45) is 2.35. The number of nitrogens with zero attached hydrogens (tertiary/aromatic N) is 1. The molecule has 0 atom stereocenters. The second-order valence-corrected chi connectivity index (χ2v) is 4.96. The average molecular weight is 282 g/mol. The van der Waals surface area contributed by atoms with Crippen LogP contribution >= 0.6 is 15.9 Å². The van der Waals surface area contributed by atoms with Crippen LogP contribution in [0.5, 0.6) is 5.75 Å². The Balaban J connectivity index is 2.34. The van der Waals surface area contributed by atoms with Gasteiger partial charge in [0.05, 0.1) is 12.8 Å². The standard InChI is InChI=1S/C13H16BrNO/c1-15-9-3-4-12(14)13(15)10-5-7-11(16-2)8-6-10/h5-8H,3-4,9H2,1-2H3. The first-order valence-corrected chi connectivity index (χ1v) is 6.26. The number of allylic oxidation sites excluding steroid dienone is 1. The monoisotopic (exact) mass is 281 g/mol. The summed E-state index contributed by atoms with van der Waals surface area (Å²) >= 11 is 3.67. The number of halogens is 1. The van der Waals surface area contributed by atoms with Gasteiger partial charge >= 0.3 is 0 Å². The van der Waals surface area contributed by atoms with Crippen LogP contribution in [0, 0.1) is 0 Å². The molecular weight excluding hydrogens is 266 g/mol. The van der Waals surface area contributed by atoms with Gasteiger partial charge < -0.3 is 9.64 Å². The largest absolute Gasteiger partial charge is 0.497 e. The number of rotatable bonds is 2. The Labute approximate surface area is 105 Å². The van der Waals surface area contributed by atoms with Crippen LogP contribution in [0.4, 0.5) is 0 Å². The molecule has 2 rings (SSSR count). The van der Waals surface area contributed by atoms with Crippen molar-refractivity contribution in [2.24, 2.45) is 0 Å². The summed E-state index contributed by atoms with van der Waals surface area (Å²) < 4.78 is 6.47. The number of methoxy groups -OCH3 is 1. The molecule has 0 fully saturated rings. The lowest BCUT2D eigenvalue weighted by Gasteiger charge is -2.29. The zero-order chi connectivity index (χ0) is 11.5. The summed E-state index contributed by atoms with van der Waals surface area (Å²) in [4.78, 5) is 2.30. The highest BCUT2D eigenvalue weighted by Gasteiger charge is 2.16. The van der Waals surface area contributed by atoms with Crippen molar-refractivity contribution in [2.75, 3.05) is 20.7 Å². The van der Waals surface area contributed by atoms with Crippen LogP contribution in [-0.2, 0) is 0 Å². The average Bonchev–Trinajstić information content (AvgIpc) is 2.30. The van der Waals surface area contributed by atoms with E-state index in [9.17, 15) is 0 Å². The summed E-state index contributed by atoms with van der Waals surface area (Å²) in [6, 6.07) is 8.23. The molecule has 0 unspecified atom stereocenters. The van der Waals surface area contributed by atoms with Crippen LogP contribution in [0.15, 0.2) is 28.7 Å². The molecule has 16 heavy (non-hydrogen) atoms. The number of benzene rings is 1. The smallest absolute Gasteiger partial charge is 0.118 e. The van der Waals surface area contributed by atoms with E-state index in [-0.39, 0.29) is 0 Å². The Morgan fingerprint density at radius 2 is 1.94 bits per heavy atom. The highest BCUT2D eigenvalue weighted by atomic mass is 79.9. The Bertz CT molecular complexity index is 397. The second kappa shape index (κ2) is 4.91. The van der Waals surface area contributed by atoms with Crippen molar-refractivity contribution in [1.82, 2.24) is 4.90 Å². The molecule has 0 aliphatic carbocycles. The van der Waals surface area contributed by atoms with Gasteiger partial charge in [-0.1, -0.05) is 15.9 Å². The molecule has 0 aromatic heterocycles. The number of ether oxygens (including phenoxy) is 1. The quantitative estimate of drug-likeness (QED) is 0.823. The molecule has 2 nitrogen and oxygen atoms in total. The highest BCUT2D eigenvalue weighted by molar-refractivity contribution is 9.11. The summed E-state index contributed by atoms with van der Waals surface area (Å²) in [5.74, 6) is 0.902. The third-order valence-electron chi connectivity index (χ3n) is 2.89. The minimum Gasteiger partial charge on any atom is -0.497 e. The van der Waals surface area contributed by atoms with Crippen molar-refractivity contribution in [3.8, 4) is 5.75 Å². The molecule has 3 heteroatoms. The molecule has 0 radical (unpaired) electrons. The van der Waals surface area contributed by atoms with Gasteiger partial charge in [-0.15, -0.1) is 0 Å². The fourth-order valence-corrected chi connectivity index (χ4v) is 2.85. The molecule has 0 spiro atoms. The Morgan fingerprint density at radius 3 is 2.50 bits per heavy atom. The molecule has 0 saturated carbocycles. The molecule has 0 amide bonds. The lowest BCUT2D eigenvalue weighted by atomic mass is 10.1. The number of hydrogen-bond acceptors (Lipinski definition) is 2. The van der Waals surface area contributed by atoms with E-state index in [0.717, 1.165) is 18.7 Å². The third-order valence-corrected chi connectivity index (χ3v) is 3.66. The molecule has 0 bridgehead atoms. The van der Waals surface area contributed by atoms with E-state index in [4.69, 9.17) is 4.74 Å². The molecule has 0 saturated heterocycles. The fourth-order valence-electron chi connectivity index (χ4n) is 2.03. The first kappa shape index (κ1) is 11.5. The van der Waals surface area contributed by atoms with Crippen LogP contribution in [0.3, 0.4) is 0 Å². The van der Waals surface area contributed by atoms with E-state index in [2.05, 4.69) is 40.0 Å². The van der Waals surface area contributed by atoms with E-state index < -0.39 is 0 Å². The third kappa shape index (κ3) is 2.24. The predicted octanol–water partition coefficient (Wildman–Crippen LogP) is 3.48. The summed E-state index contributed by atoms with van der Waals surface area (Å²) in [7, 11) is 3.83.